The molecule has 0 saturated heterocycles. The van der Waals surface area contributed by atoms with Crippen molar-refractivity contribution < 1.29 is 4.74 Å². The van der Waals surface area contributed by atoms with Crippen molar-refractivity contribution in [3.8, 4) is 0 Å². The smallest absolute Gasteiger partial charge is 0.0688 e. The maximum absolute atomic E-state index is 6.01. The Hall–Kier alpha value is -3.10. The molecule has 3 aromatic rings. The van der Waals surface area contributed by atoms with Gasteiger partial charge in [0.2, 0.25) is 0 Å². The molecule has 0 amide bonds. The first-order valence-electron chi connectivity index (χ1n) is 12.0. The third kappa shape index (κ3) is 3.63. The molecule has 0 N–H and O–H groups in total. The van der Waals surface area contributed by atoms with E-state index in [1.807, 2.05) is 0 Å². The highest BCUT2D eigenvalue weighted by molar-refractivity contribution is 5.83. The molecule has 1 aliphatic carbocycles. The highest BCUT2D eigenvalue weighted by atomic mass is 16.5. The van der Waals surface area contributed by atoms with E-state index in [4.69, 9.17) is 4.74 Å². The fourth-order valence-corrected chi connectivity index (χ4v) is 5.74. The molecular formula is C31H33NO. The van der Waals surface area contributed by atoms with E-state index in [9.17, 15) is 0 Å². The fourth-order valence-electron chi connectivity index (χ4n) is 5.74. The van der Waals surface area contributed by atoms with Crippen LogP contribution >= 0.6 is 0 Å². The number of fused-ring (bicyclic) bond motifs is 1. The second-order valence-electron chi connectivity index (χ2n) is 9.61. The van der Waals surface area contributed by atoms with Gasteiger partial charge in [-0.3, -0.25) is 0 Å². The van der Waals surface area contributed by atoms with Gasteiger partial charge in [0, 0.05) is 42.3 Å². The van der Waals surface area contributed by atoms with Crippen molar-refractivity contribution in [2.45, 2.75) is 32.1 Å². The maximum Gasteiger partial charge on any atom is 0.0688 e. The lowest BCUT2D eigenvalue weighted by Crippen LogP contribution is -2.32. The normalized spacial score (nSPS) is 22.4. The SMILES string of the molecule is CCOCC1=C(c2ccccc2)C(c2ccccc2)C1/C=C1/N(C)c2ccccc2C1(C)C. The van der Waals surface area contributed by atoms with Crippen molar-refractivity contribution in [1.82, 2.24) is 0 Å². The lowest BCUT2D eigenvalue weighted by Gasteiger charge is -2.43. The Bertz CT molecular complexity index is 1190. The van der Waals surface area contributed by atoms with Crippen LogP contribution in [-0.4, -0.2) is 20.3 Å². The molecule has 3 aromatic carbocycles. The largest absolute Gasteiger partial charge is 0.377 e. The first kappa shape index (κ1) is 21.7. The van der Waals surface area contributed by atoms with Crippen LogP contribution in [0, 0.1) is 5.92 Å². The Morgan fingerprint density at radius 2 is 1.52 bits per heavy atom. The average Bonchev–Trinajstić information content (AvgIpc) is 3.03. The van der Waals surface area contributed by atoms with Crippen LogP contribution in [0.2, 0.25) is 0 Å². The van der Waals surface area contributed by atoms with E-state index in [1.165, 1.54) is 39.2 Å². The van der Waals surface area contributed by atoms with E-state index in [1.54, 1.807) is 0 Å². The molecule has 0 saturated carbocycles. The molecule has 0 bridgehead atoms. The molecule has 0 aromatic heterocycles. The highest BCUT2D eigenvalue weighted by Crippen LogP contribution is 2.56. The molecule has 0 fully saturated rings. The molecule has 5 rings (SSSR count). The van der Waals surface area contributed by atoms with Crippen LogP contribution in [-0.2, 0) is 10.2 Å². The summed E-state index contributed by atoms with van der Waals surface area (Å²) in [6.07, 6.45) is 2.53. The number of nitrogens with zero attached hydrogens (tertiary/aromatic N) is 1. The number of hydrogen-bond donors (Lipinski definition) is 0. The molecule has 0 spiro atoms. The maximum atomic E-state index is 6.01. The zero-order chi connectivity index (χ0) is 23.0. The summed E-state index contributed by atoms with van der Waals surface area (Å²) in [6.45, 7) is 8.17. The third-order valence-corrected chi connectivity index (χ3v) is 7.40. The van der Waals surface area contributed by atoms with Crippen LogP contribution in [0.3, 0.4) is 0 Å². The number of rotatable bonds is 6. The van der Waals surface area contributed by atoms with Gasteiger partial charge in [-0.05, 0) is 40.8 Å². The van der Waals surface area contributed by atoms with Crippen LogP contribution < -0.4 is 4.90 Å². The molecule has 0 radical (unpaired) electrons. The molecule has 2 aliphatic rings. The van der Waals surface area contributed by atoms with Crippen molar-refractivity contribution in [2.24, 2.45) is 5.92 Å². The molecular weight excluding hydrogens is 402 g/mol. The van der Waals surface area contributed by atoms with Gasteiger partial charge >= 0.3 is 0 Å². The summed E-state index contributed by atoms with van der Waals surface area (Å²) in [4.78, 5) is 2.39. The number of para-hydroxylation sites is 1. The summed E-state index contributed by atoms with van der Waals surface area (Å²) in [5, 5.41) is 0. The Morgan fingerprint density at radius 1 is 0.879 bits per heavy atom. The lowest BCUT2D eigenvalue weighted by atomic mass is 9.62. The Labute approximate surface area is 198 Å². The topological polar surface area (TPSA) is 12.5 Å². The van der Waals surface area contributed by atoms with Crippen LogP contribution in [0.15, 0.2) is 102 Å². The Balaban J connectivity index is 1.65. The molecule has 2 unspecified atom stereocenters. The van der Waals surface area contributed by atoms with Gasteiger partial charge < -0.3 is 9.64 Å². The molecule has 2 heteroatoms. The van der Waals surface area contributed by atoms with Gasteiger partial charge in [-0.15, -0.1) is 0 Å². The molecule has 1 aliphatic heterocycles. The fraction of sp³-hybridized carbons (Fsp3) is 0.290. The van der Waals surface area contributed by atoms with Gasteiger partial charge in [-0.2, -0.15) is 0 Å². The Kier molecular flexibility index (Phi) is 5.72. The van der Waals surface area contributed by atoms with Gasteiger partial charge in [-0.1, -0.05) is 98.8 Å². The van der Waals surface area contributed by atoms with Gasteiger partial charge in [0.05, 0.1) is 6.61 Å². The highest BCUT2D eigenvalue weighted by Gasteiger charge is 2.44. The van der Waals surface area contributed by atoms with Crippen molar-refractivity contribution in [3.63, 3.8) is 0 Å². The lowest BCUT2D eigenvalue weighted by molar-refractivity contribution is 0.162. The number of benzene rings is 3. The monoisotopic (exact) mass is 435 g/mol. The van der Waals surface area contributed by atoms with Crippen molar-refractivity contribution in [3.05, 3.63) is 119 Å². The van der Waals surface area contributed by atoms with Crippen LogP contribution in [0.4, 0.5) is 5.69 Å². The summed E-state index contributed by atoms with van der Waals surface area (Å²) in [7, 11) is 2.21. The van der Waals surface area contributed by atoms with Crippen LogP contribution in [0.1, 0.15) is 43.4 Å². The van der Waals surface area contributed by atoms with Crippen LogP contribution in [0.5, 0.6) is 0 Å². The van der Waals surface area contributed by atoms with Gasteiger partial charge in [-0.25, -0.2) is 0 Å². The first-order valence-corrected chi connectivity index (χ1v) is 12.0. The molecule has 2 nitrogen and oxygen atoms in total. The standard InChI is InChI=1S/C31H33NO/c1-5-33-21-25-24(20-28-31(2,3)26-18-12-13-19-27(26)32(28)4)29(22-14-8-6-9-15-22)30(25)23-16-10-7-11-17-23/h6-20,24,29H,5,21H2,1-4H3/b28-20+. The van der Waals surface area contributed by atoms with Gasteiger partial charge in [0.25, 0.3) is 0 Å². The van der Waals surface area contributed by atoms with E-state index in [0.29, 0.717) is 18.4 Å². The van der Waals surface area contributed by atoms with E-state index < -0.39 is 0 Å². The minimum atomic E-state index is -0.0359. The van der Waals surface area contributed by atoms with Crippen molar-refractivity contribution in [1.29, 1.82) is 0 Å². The first-order chi connectivity index (χ1) is 16.0. The third-order valence-electron chi connectivity index (χ3n) is 7.40. The van der Waals surface area contributed by atoms with Crippen LogP contribution in [0.25, 0.3) is 5.57 Å². The summed E-state index contributed by atoms with van der Waals surface area (Å²) >= 11 is 0. The minimum absolute atomic E-state index is 0.0359. The molecule has 2 atom stereocenters. The van der Waals surface area contributed by atoms with E-state index in [2.05, 4.69) is 124 Å². The summed E-state index contributed by atoms with van der Waals surface area (Å²) in [6, 6.07) is 30.6. The summed E-state index contributed by atoms with van der Waals surface area (Å²) in [5.41, 5.74) is 9.54. The average molecular weight is 436 g/mol. The second-order valence-corrected chi connectivity index (χ2v) is 9.61. The molecule has 33 heavy (non-hydrogen) atoms. The van der Waals surface area contributed by atoms with Crippen molar-refractivity contribution in [2.75, 3.05) is 25.2 Å². The number of anilines is 1. The number of allylic oxidation sites excluding steroid dienone is 3. The number of ether oxygens (including phenoxy) is 1. The Morgan fingerprint density at radius 3 is 2.18 bits per heavy atom. The zero-order valence-electron chi connectivity index (χ0n) is 20.1. The summed E-state index contributed by atoms with van der Waals surface area (Å²) in [5.74, 6) is 0.629. The predicted octanol–water partition coefficient (Wildman–Crippen LogP) is 7.20. The van der Waals surface area contributed by atoms with E-state index in [0.717, 1.165) is 6.61 Å². The summed E-state index contributed by atoms with van der Waals surface area (Å²) < 4.78 is 6.01. The van der Waals surface area contributed by atoms with E-state index in [-0.39, 0.29) is 5.41 Å². The molecule has 1 heterocycles. The minimum Gasteiger partial charge on any atom is -0.377 e. The zero-order valence-corrected chi connectivity index (χ0v) is 20.1. The predicted molar refractivity (Wildman–Crippen MR) is 138 cm³/mol. The van der Waals surface area contributed by atoms with E-state index >= 15 is 0 Å². The quantitative estimate of drug-likeness (QED) is 0.406. The molecule has 168 valence electrons. The van der Waals surface area contributed by atoms with Gasteiger partial charge in [0.15, 0.2) is 0 Å². The number of hydrogen-bond acceptors (Lipinski definition) is 2. The van der Waals surface area contributed by atoms with Crippen molar-refractivity contribution >= 4 is 11.3 Å². The second kappa shape index (κ2) is 8.68. The number of likely N-dealkylation sites (N-methyl/N-ethyl adjacent to an activating group) is 1. The van der Waals surface area contributed by atoms with Gasteiger partial charge in [0.1, 0.15) is 0 Å².